The lowest BCUT2D eigenvalue weighted by Gasteiger charge is -2.27. The summed E-state index contributed by atoms with van der Waals surface area (Å²) in [5.41, 5.74) is 0. The Morgan fingerprint density at radius 1 is 1.18 bits per heavy atom. The lowest BCUT2D eigenvalue weighted by molar-refractivity contribution is 0.0601. The van der Waals surface area contributed by atoms with Crippen molar-refractivity contribution in [2.75, 3.05) is 7.11 Å². The smallest absolute Gasteiger partial charge is 0.0601 e. The summed E-state index contributed by atoms with van der Waals surface area (Å²) in [4.78, 5) is 0. The van der Waals surface area contributed by atoms with E-state index in [9.17, 15) is 0 Å². The van der Waals surface area contributed by atoms with E-state index in [1.807, 2.05) is 7.11 Å². The molecule has 3 heteroatoms. The third-order valence-electron chi connectivity index (χ3n) is 2.76. The van der Waals surface area contributed by atoms with Crippen LogP contribution in [0.2, 0.25) is 0 Å². The summed E-state index contributed by atoms with van der Waals surface area (Å²) in [6.07, 6.45) is 5.73. The van der Waals surface area contributed by atoms with Crippen LogP contribution in [0.5, 0.6) is 0 Å². The summed E-state index contributed by atoms with van der Waals surface area (Å²) in [5.74, 6) is 0. The summed E-state index contributed by atoms with van der Waals surface area (Å²) in [6.45, 7) is 0. The molecule has 2 aliphatic heterocycles. The third kappa shape index (κ3) is 1.86. The maximum absolute atomic E-state index is 5.33. The van der Waals surface area contributed by atoms with E-state index >= 15 is 0 Å². The zero-order valence-electron chi connectivity index (χ0n) is 6.88. The fraction of sp³-hybridized carbons (Fsp3) is 1.00. The monoisotopic (exact) mass is 177 g/mol. The molecule has 2 rings (SSSR count). The van der Waals surface area contributed by atoms with Crippen molar-refractivity contribution >= 4 is 12.4 Å². The Morgan fingerprint density at radius 3 is 2.18 bits per heavy atom. The van der Waals surface area contributed by atoms with E-state index in [2.05, 4.69) is 5.32 Å². The van der Waals surface area contributed by atoms with Gasteiger partial charge in [-0.15, -0.1) is 12.4 Å². The van der Waals surface area contributed by atoms with Gasteiger partial charge in [0.2, 0.25) is 0 Å². The van der Waals surface area contributed by atoms with Gasteiger partial charge in [-0.05, 0) is 25.7 Å². The Hall–Kier alpha value is 0.210. The topological polar surface area (TPSA) is 21.3 Å². The lowest BCUT2D eigenvalue weighted by Crippen LogP contribution is -2.40. The van der Waals surface area contributed by atoms with Crippen LogP contribution >= 0.6 is 12.4 Å². The van der Waals surface area contributed by atoms with Crippen molar-refractivity contribution in [2.45, 2.75) is 43.9 Å². The minimum Gasteiger partial charge on any atom is -0.381 e. The fourth-order valence-corrected chi connectivity index (χ4v) is 2.20. The molecule has 2 heterocycles. The first kappa shape index (κ1) is 9.30. The predicted molar refractivity (Wildman–Crippen MR) is 47.2 cm³/mol. The van der Waals surface area contributed by atoms with Crippen molar-refractivity contribution in [3.63, 3.8) is 0 Å². The van der Waals surface area contributed by atoms with E-state index in [4.69, 9.17) is 4.74 Å². The van der Waals surface area contributed by atoms with Gasteiger partial charge in [0.25, 0.3) is 0 Å². The van der Waals surface area contributed by atoms with Gasteiger partial charge in [-0.3, -0.25) is 0 Å². The quantitative estimate of drug-likeness (QED) is 0.653. The Balaban J connectivity index is 0.000000605. The minimum atomic E-state index is 0. The second-order valence-corrected chi connectivity index (χ2v) is 3.47. The van der Waals surface area contributed by atoms with Gasteiger partial charge < -0.3 is 10.1 Å². The van der Waals surface area contributed by atoms with Crippen LogP contribution in [0.1, 0.15) is 25.7 Å². The number of nitrogens with one attached hydrogen (secondary N) is 1. The van der Waals surface area contributed by atoms with Gasteiger partial charge in [-0.25, -0.2) is 0 Å². The number of methoxy groups -OCH3 is 1. The van der Waals surface area contributed by atoms with Crippen molar-refractivity contribution in [3.05, 3.63) is 0 Å². The summed E-state index contributed by atoms with van der Waals surface area (Å²) in [6, 6.07) is 1.53. The molecule has 3 atom stereocenters. The van der Waals surface area contributed by atoms with Crippen LogP contribution in [0.15, 0.2) is 0 Å². The Kier molecular flexibility index (Phi) is 3.16. The molecule has 0 radical (unpaired) electrons. The average Bonchev–Trinajstić information content (AvgIpc) is 2.30. The molecule has 0 spiro atoms. The standard InChI is InChI=1S/C8H15NO.ClH/c1-10-8-4-6-2-3-7(5-8)9-6;/h6-9H,2-5H2,1H3;1H/t6-,7+,8+;. The minimum absolute atomic E-state index is 0. The average molecular weight is 178 g/mol. The second-order valence-electron chi connectivity index (χ2n) is 3.47. The summed E-state index contributed by atoms with van der Waals surface area (Å²) in [5, 5.41) is 3.57. The number of fused-ring (bicyclic) bond motifs is 2. The van der Waals surface area contributed by atoms with Crippen LogP contribution in [0.25, 0.3) is 0 Å². The third-order valence-corrected chi connectivity index (χ3v) is 2.76. The first-order valence-corrected chi connectivity index (χ1v) is 4.17. The Morgan fingerprint density at radius 2 is 1.73 bits per heavy atom. The largest absolute Gasteiger partial charge is 0.381 e. The highest BCUT2D eigenvalue weighted by molar-refractivity contribution is 5.85. The van der Waals surface area contributed by atoms with Gasteiger partial charge in [0, 0.05) is 19.2 Å². The highest BCUT2D eigenvalue weighted by Crippen LogP contribution is 2.27. The van der Waals surface area contributed by atoms with Gasteiger partial charge >= 0.3 is 0 Å². The second kappa shape index (κ2) is 3.74. The van der Waals surface area contributed by atoms with Crippen molar-refractivity contribution in [2.24, 2.45) is 0 Å². The van der Waals surface area contributed by atoms with Crippen LogP contribution in [-0.4, -0.2) is 25.3 Å². The molecule has 2 aliphatic rings. The summed E-state index contributed by atoms with van der Waals surface area (Å²) >= 11 is 0. The van der Waals surface area contributed by atoms with E-state index in [1.165, 1.54) is 25.7 Å². The molecule has 66 valence electrons. The van der Waals surface area contributed by atoms with Crippen LogP contribution in [0, 0.1) is 0 Å². The molecule has 2 nitrogen and oxygen atoms in total. The number of halogens is 1. The predicted octanol–water partition coefficient (Wildman–Crippen LogP) is 1.34. The molecule has 2 bridgehead atoms. The summed E-state index contributed by atoms with van der Waals surface area (Å²) in [7, 11) is 1.83. The molecule has 0 unspecified atom stereocenters. The molecule has 0 saturated carbocycles. The first-order chi connectivity index (χ1) is 4.88. The van der Waals surface area contributed by atoms with Gasteiger partial charge in [-0.2, -0.15) is 0 Å². The van der Waals surface area contributed by atoms with Gasteiger partial charge in [0.1, 0.15) is 0 Å². The van der Waals surface area contributed by atoms with E-state index in [1.54, 1.807) is 0 Å². The van der Waals surface area contributed by atoms with E-state index in [-0.39, 0.29) is 12.4 Å². The number of ether oxygens (including phenoxy) is 1. The van der Waals surface area contributed by atoms with Crippen LogP contribution in [0.3, 0.4) is 0 Å². The zero-order chi connectivity index (χ0) is 6.97. The molecule has 0 aromatic heterocycles. The molecular weight excluding hydrogens is 162 g/mol. The van der Waals surface area contributed by atoms with Crippen molar-refractivity contribution in [1.29, 1.82) is 0 Å². The zero-order valence-corrected chi connectivity index (χ0v) is 7.69. The van der Waals surface area contributed by atoms with Crippen molar-refractivity contribution in [1.82, 2.24) is 5.32 Å². The van der Waals surface area contributed by atoms with Crippen molar-refractivity contribution < 1.29 is 4.74 Å². The molecule has 0 aromatic rings. The highest BCUT2D eigenvalue weighted by atomic mass is 35.5. The molecule has 0 aromatic carbocycles. The lowest BCUT2D eigenvalue weighted by atomic mass is 10.0. The maximum atomic E-state index is 5.33. The fourth-order valence-electron chi connectivity index (χ4n) is 2.20. The van der Waals surface area contributed by atoms with Gasteiger partial charge in [-0.1, -0.05) is 0 Å². The SMILES string of the molecule is CO[C@H]1C[C@H]2CC[C@@H](C1)N2.Cl. The van der Waals surface area contributed by atoms with E-state index in [0.717, 1.165) is 12.1 Å². The maximum Gasteiger partial charge on any atom is 0.0601 e. The normalized spacial score (nSPS) is 41.7. The molecule has 2 saturated heterocycles. The molecule has 1 N–H and O–H groups in total. The van der Waals surface area contributed by atoms with E-state index in [0.29, 0.717) is 6.10 Å². The molecule has 11 heavy (non-hydrogen) atoms. The number of rotatable bonds is 1. The van der Waals surface area contributed by atoms with Crippen molar-refractivity contribution in [3.8, 4) is 0 Å². The molecule has 0 aliphatic carbocycles. The van der Waals surface area contributed by atoms with Crippen LogP contribution in [0.4, 0.5) is 0 Å². The molecular formula is C8H16ClNO. The number of hydrogen-bond acceptors (Lipinski definition) is 2. The number of piperidine rings is 1. The highest BCUT2D eigenvalue weighted by Gasteiger charge is 2.33. The van der Waals surface area contributed by atoms with Crippen LogP contribution in [-0.2, 0) is 4.74 Å². The molecule has 0 amide bonds. The van der Waals surface area contributed by atoms with E-state index < -0.39 is 0 Å². The first-order valence-electron chi connectivity index (χ1n) is 4.17. The van der Waals surface area contributed by atoms with Crippen LogP contribution < -0.4 is 5.32 Å². The molecule has 2 fully saturated rings. The summed E-state index contributed by atoms with van der Waals surface area (Å²) < 4.78 is 5.33. The number of hydrogen-bond donors (Lipinski definition) is 1. The van der Waals surface area contributed by atoms with Gasteiger partial charge in [0.15, 0.2) is 0 Å². The Labute approximate surface area is 74.1 Å². The van der Waals surface area contributed by atoms with Gasteiger partial charge in [0.05, 0.1) is 6.10 Å². The Bertz CT molecular complexity index is 119.